The van der Waals surface area contributed by atoms with Crippen molar-refractivity contribution >= 4 is 39.7 Å². The highest BCUT2D eigenvalue weighted by Crippen LogP contribution is 2.25. The van der Waals surface area contributed by atoms with Crippen LogP contribution in [-0.2, 0) is 6.61 Å². The zero-order valence-corrected chi connectivity index (χ0v) is 10.8. The van der Waals surface area contributed by atoms with Crippen LogP contribution in [0.5, 0.6) is 5.75 Å². The second-order valence-corrected chi connectivity index (χ2v) is 4.97. The number of nitrogen functional groups attached to an aromatic ring is 1. The molecule has 1 heterocycles. The lowest BCUT2D eigenvalue weighted by molar-refractivity contribution is 0.304. The molecule has 1 aromatic heterocycles. The molecular weight excluding hydrogens is 283 g/mol. The van der Waals surface area contributed by atoms with E-state index in [0.717, 1.165) is 0 Å². The Morgan fingerprint density at radius 1 is 1.24 bits per heavy atom. The zero-order chi connectivity index (χ0) is 12.3. The Balaban J connectivity index is 2.01. The van der Waals surface area contributed by atoms with Gasteiger partial charge in [0.15, 0.2) is 5.01 Å². The van der Waals surface area contributed by atoms with Crippen LogP contribution >= 0.6 is 34.5 Å². The average Bonchev–Trinajstić information content (AvgIpc) is 2.73. The monoisotopic (exact) mass is 290 g/mol. The van der Waals surface area contributed by atoms with Crippen LogP contribution < -0.4 is 16.0 Å². The molecule has 0 spiro atoms. The number of ether oxygens (including phenoxy) is 1. The molecule has 0 aliphatic rings. The zero-order valence-electron chi connectivity index (χ0n) is 8.48. The van der Waals surface area contributed by atoms with Gasteiger partial charge in [-0.15, -0.1) is 10.2 Å². The molecule has 2 rings (SSSR count). The fourth-order valence-electron chi connectivity index (χ4n) is 1.13. The molecule has 0 radical (unpaired) electrons. The van der Waals surface area contributed by atoms with E-state index in [-0.39, 0.29) is 6.61 Å². The Labute approximate surface area is 111 Å². The maximum atomic E-state index is 5.84. The van der Waals surface area contributed by atoms with Crippen molar-refractivity contribution in [2.24, 2.45) is 5.84 Å². The summed E-state index contributed by atoms with van der Waals surface area (Å²) in [5.74, 6) is 5.78. The maximum absolute atomic E-state index is 5.84. The molecule has 1 aromatic carbocycles. The van der Waals surface area contributed by atoms with Crippen molar-refractivity contribution < 1.29 is 4.74 Å². The molecule has 0 saturated carbocycles. The molecule has 0 saturated heterocycles. The van der Waals surface area contributed by atoms with Crippen molar-refractivity contribution in [2.45, 2.75) is 6.61 Å². The first-order chi connectivity index (χ1) is 8.17. The van der Waals surface area contributed by atoms with E-state index in [1.54, 1.807) is 18.2 Å². The number of hydrazine groups is 1. The first-order valence-corrected chi connectivity index (χ1v) is 6.12. The van der Waals surface area contributed by atoms with E-state index < -0.39 is 0 Å². The van der Waals surface area contributed by atoms with E-state index in [1.165, 1.54) is 11.3 Å². The summed E-state index contributed by atoms with van der Waals surface area (Å²) in [4.78, 5) is 0. The number of aromatic nitrogens is 2. The van der Waals surface area contributed by atoms with Crippen molar-refractivity contribution in [3.63, 3.8) is 0 Å². The van der Waals surface area contributed by atoms with Gasteiger partial charge in [-0.05, 0) is 18.2 Å². The summed E-state index contributed by atoms with van der Waals surface area (Å²) in [5.41, 5.74) is 2.41. The summed E-state index contributed by atoms with van der Waals surface area (Å²) in [7, 11) is 0. The van der Waals surface area contributed by atoms with E-state index in [0.29, 0.717) is 25.9 Å². The summed E-state index contributed by atoms with van der Waals surface area (Å²) in [6.07, 6.45) is 0. The minimum Gasteiger partial charge on any atom is -0.486 e. The molecule has 3 N–H and O–H groups in total. The molecule has 5 nitrogen and oxygen atoms in total. The molecule has 17 heavy (non-hydrogen) atoms. The van der Waals surface area contributed by atoms with Gasteiger partial charge in [0.2, 0.25) is 5.13 Å². The molecule has 0 aliphatic heterocycles. The summed E-state index contributed by atoms with van der Waals surface area (Å²) in [5, 5.41) is 9.95. The molecule has 0 atom stereocenters. The fourth-order valence-corrected chi connectivity index (χ4v) is 2.20. The summed E-state index contributed by atoms with van der Waals surface area (Å²) in [6.45, 7) is 0.288. The largest absolute Gasteiger partial charge is 0.486 e. The van der Waals surface area contributed by atoms with Crippen molar-refractivity contribution in [1.82, 2.24) is 10.2 Å². The molecule has 0 amide bonds. The van der Waals surface area contributed by atoms with Crippen LogP contribution in [0.2, 0.25) is 10.0 Å². The number of rotatable bonds is 4. The number of nitrogens with zero attached hydrogens (tertiary/aromatic N) is 2. The van der Waals surface area contributed by atoms with Crippen molar-refractivity contribution in [3.05, 3.63) is 33.3 Å². The molecule has 0 aliphatic carbocycles. The number of anilines is 1. The Hall–Kier alpha value is -1.08. The first-order valence-electron chi connectivity index (χ1n) is 4.55. The third kappa shape index (κ3) is 3.44. The van der Waals surface area contributed by atoms with E-state index >= 15 is 0 Å². The predicted molar refractivity (Wildman–Crippen MR) is 68.5 cm³/mol. The molecule has 0 unspecified atom stereocenters. The Kier molecular flexibility index (Phi) is 4.01. The fraction of sp³-hybridized carbons (Fsp3) is 0.111. The van der Waals surface area contributed by atoms with E-state index in [2.05, 4.69) is 15.6 Å². The van der Waals surface area contributed by atoms with Gasteiger partial charge in [-0.1, -0.05) is 34.5 Å². The molecule has 2 aromatic rings. The SMILES string of the molecule is NNc1nnc(COc2cc(Cl)cc(Cl)c2)s1. The second kappa shape index (κ2) is 5.50. The van der Waals surface area contributed by atoms with Gasteiger partial charge in [0.05, 0.1) is 0 Å². The highest BCUT2D eigenvalue weighted by atomic mass is 35.5. The Bertz CT molecular complexity index is 499. The van der Waals surface area contributed by atoms with E-state index in [4.69, 9.17) is 33.8 Å². The number of halogens is 2. The average molecular weight is 291 g/mol. The maximum Gasteiger partial charge on any atom is 0.219 e. The third-order valence-electron chi connectivity index (χ3n) is 1.79. The molecule has 0 fully saturated rings. The van der Waals surface area contributed by atoms with Crippen molar-refractivity contribution in [3.8, 4) is 5.75 Å². The molecule has 8 heteroatoms. The minimum absolute atomic E-state index is 0.288. The lowest BCUT2D eigenvalue weighted by Crippen LogP contribution is -2.05. The van der Waals surface area contributed by atoms with Crippen LogP contribution in [0.3, 0.4) is 0 Å². The van der Waals surface area contributed by atoms with Gasteiger partial charge >= 0.3 is 0 Å². The lowest BCUT2D eigenvalue weighted by Gasteiger charge is -2.04. The van der Waals surface area contributed by atoms with Crippen molar-refractivity contribution in [1.29, 1.82) is 0 Å². The number of hydrogen-bond donors (Lipinski definition) is 2. The number of nitrogens with one attached hydrogen (secondary N) is 1. The van der Waals surface area contributed by atoms with Gasteiger partial charge < -0.3 is 4.74 Å². The normalized spacial score (nSPS) is 10.3. The Morgan fingerprint density at radius 3 is 2.53 bits per heavy atom. The van der Waals surface area contributed by atoms with Gasteiger partial charge in [-0.2, -0.15) is 0 Å². The van der Waals surface area contributed by atoms with Gasteiger partial charge in [-0.25, -0.2) is 5.84 Å². The molecule has 0 bridgehead atoms. The predicted octanol–water partition coefficient (Wildman–Crippen LogP) is 2.71. The quantitative estimate of drug-likeness (QED) is 0.669. The standard InChI is InChI=1S/C9H8Cl2N4OS/c10-5-1-6(11)3-7(2-5)16-4-8-14-15-9(13-12)17-8/h1-3H,4,12H2,(H,13,15). The van der Waals surface area contributed by atoms with Gasteiger partial charge in [0.25, 0.3) is 0 Å². The topological polar surface area (TPSA) is 73.1 Å². The van der Waals surface area contributed by atoms with E-state index in [1.807, 2.05) is 0 Å². The van der Waals surface area contributed by atoms with Crippen LogP contribution in [0, 0.1) is 0 Å². The summed E-state index contributed by atoms with van der Waals surface area (Å²) in [6, 6.07) is 4.99. The molecule has 90 valence electrons. The number of hydrogen-bond acceptors (Lipinski definition) is 6. The number of benzene rings is 1. The highest BCUT2D eigenvalue weighted by molar-refractivity contribution is 7.15. The van der Waals surface area contributed by atoms with E-state index in [9.17, 15) is 0 Å². The van der Waals surface area contributed by atoms with Crippen LogP contribution in [-0.4, -0.2) is 10.2 Å². The molecular formula is C9H8Cl2N4OS. The minimum atomic E-state index is 0.288. The van der Waals surface area contributed by atoms with Crippen LogP contribution in [0.4, 0.5) is 5.13 Å². The van der Waals surface area contributed by atoms with Crippen molar-refractivity contribution in [2.75, 3.05) is 5.43 Å². The smallest absolute Gasteiger partial charge is 0.219 e. The van der Waals surface area contributed by atoms with Crippen LogP contribution in [0.15, 0.2) is 18.2 Å². The lowest BCUT2D eigenvalue weighted by atomic mass is 10.3. The van der Waals surface area contributed by atoms with Gasteiger partial charge in [0.1, 0.15) is 12.4 Å². The third-order valence-corrected chi connectivity index (χ3v) is 3.05. The van der Waals surface area contributed by atoms with Gasteiger partial charge in [0, 0.05) is 10.0 Å². The Morgan fingerprint density at radius 2 is 1.94 bits per heavy atom. The second-order valence-electron chi connectivity index (χ2n) is 3.04. The number of nitrogens with two attached hydrogens (primary N) is 1. The summed E-state index contributed by atoms with van der Waals surface area (Å²) >= 11 is 13.0. The van der Waals surface area contributed by atoms with Crippen LogP contribution in [0.1, 0.15) is 5.01 Å². The van der Waals surface area contributed by atoms with Crippen LogP contribution in [0.25, 0.3) is 0 Å². The highest BCUT2D eigenvalue weighted by Gasteiger charge is 2.04. The van der Waals surface area contributed by atoms with Gasteiger partial charge in [-0.3, -0.25) is 5.43 Å². The summed E-state index contributed by atoms with van der Waals surface area (Å²) < 4.78 is 5.48. The first kappa shape index (κ1) is 12.4.